The molecule has 23 heavy (non-hydrogen) atoms. The predicted molar refractivity (Wildman–Crippen MR) is 83.4 cm³/mol. The minimum Gasteiger partial charge on any atom is -0.274 e. The summed E-state index contributed by atoms with van der Waals surface area (Å²) in [6.45, 7) is -0.300. The van der Waals surface area contributed by atoms with Crippen LogP contribution in [0.2, 0.25) is 0 Å². The monoisotopic (exact) mass is 342 g/mol. The van der Waals surface area contributed by atoms with Crippen molar-refractivity contribution in [3.05, 3.63) is 35.4 Å². The maximum absolute atomic E-state index is 12.1. The maximum Gasteiger partial charge on any atom is 0.261 e. The third-order valence-electron chi connectivity index (χ3n) is 3.56. The van der Waals surface area contributed by atoms with Crippen LogP contribution in [0.25, 0.3) is 0 Å². The second-order valence-electron chi connectivity index (χ2n) is 5.27. The molecule has 0 spiro atoms. The molecule has 8 heteroatoms. The van der Waals surface area contributed by atoms with E-state index in [0.29, 0.717) is 24.0 Å². The standard InChI is InChI=1S/C15H19FN2O4S/c16-8-5-9-17-23(21,22)11-4-3-10-18-14(19)12-6-1-2-7-13(12)15(18)20/h1-2,6-7,17H,3-5,8-11H2. The minimum atomic E-state index is -3.44. The molecule has 0 atom stereocenters. The van der Waals surface area contributed by atoms with Gasteiger partial charge < -0.3 is 0 Å². The molecule has 1 aromatic carbocycles. The van der Waals surface area contributed by atoms with E-state index >= 15 is 0 Å². The van der Waals surface area contributed by atoms with E-state index in [1.165, 1.54) is 0 Å². The highest BCUT2D eigenvalue weighted by Gasteiger charge is 2.34. The average Bonchev–Trinajstić information content (AvgIpc) is 2.76. The molecule has 1 heterocycles. The van der Waals surface area contributed by atoms with Gasteiger partial charge in [-0.05, 0) is 31.4 Å². The van der Waals surface area contributed by atoms with E-state index in [1.54, 1.807) is 24.3 Å². The summed E-state index contributed by atoms with van der Waals surface area (Å²) in [4.78, 5) is 25.4. The second kappa shape index (κ2) is 7.65. The quantitative estimate of drug-likeness (QED) is 0.542. The normalized spacial score (nSPS) is 14.4. The minimum absolute atomic E-state index is 0.0806. The molecule has 0 unspecified atom stereocenters. The predicted octanol–water partition coefficient (Wildman–Crippen LogP) is 1.34. The number of carbonyl (C=O) groups is 2. The zero-order valence-electron chi connectivity index (χ0n) is 12.6. The zero-order chi connectivity index (χ0) is 16.9. The number of imide groups is 1. The molecule has 1 aliphatic heterocycles. The SMILES string of the molecule is O=C1c2ccccc2C(=O)N1CCCCS(=O)(=O)NCCCF. The van der Waals surface area contributed by atoms with Crippen LogP contribution in [0.15, 0.2) is 24.3 Å². The number of sulfonamides is 1. The molecule has 0 aliphatic carbocycles. The molecule has 126 valence electrons. The van der Waals surface area contributed by atoms with Crippen LogP contribution in [0, 0.1) is 0 Å². The molecule has 2 amide bonds. The van der Waals surface area contributed by atoms with Gasteiger partial charge in [0.25, 0.3) is 11.8 Å². The van der Waals surface area contributed by atoms with Gasteiger partial charge in [0, 0.05) is 13.1 Å². The van der Waals surface area contributed by atoms with Crippen LogP contribution in [0.1, 0.15) is 40.0 Å². The van der Waals surface area contributed by atoms with E-state index in [4.69, 9.17) is 0 Å². The highest BCUT2D eigenvalue weighted by atomic mass is 32.2. The van der Waals surface area contributed by atoms with Gasteiger partial charge in [-0.1, -0.05) is 12.1 Å². The van der Waals surface area contributed by atoms with Gasteiger partial charge >= 0.3 is 0 Å². The lowest BCUT2D eigenvalue weighted by Gasteiger charge is -2.13. The molecule has 0 aromatic heterocycles. The van der Waals surface area contributed by atoms with E-state index in [1.807, 2.05) is 0 Å². The lowest BCUT2D eigenvalue weighted by molar-refractivity contribution is 0.0652. The first-order valence-corrected chi connectivity index (χ1v) is 9.10. The maximum atomic E-state index is 12.1. The largest absolute Gasteiger partial charge is 0.274 e. The molecule has 0 bridgehead atoms. The highest BCUT2D eigenvalue weighted by Crippen LogP contribution is 2.22. The summed E-state index contributed by atoms with van der Waals surface area (Å²) in [5.41, 5.74) is 0.774. The first-order valence-electron chi connectivity index (χ1n) is 7.45. The number of alkyl halides is 1. The molecule has 0 saturated heterocycles. The Kier molecular flexibility index (Phi) is 5.84. The molecule has 6 nitrogen and oxygen atoms in total. The first-order chi connectivity index (χ1) is 11.0. The Morgan fingerprint density at radius 2 is 1.61 bits per heavy atom. The number of amides is 2. The van der Waals surface area contributed by atoms with Crippen molar-refractivity contribution in [2.24, 2.45) is 0 Å². The number of nitrogens with zero attached hydrogens (tertiary/aromatic N) is 1. The molecular weight excluding hydrogens is 323 g/mol. The summed E-state index contributed by atoms with van der Waals surface area (Å²) >= 11 is 0. The number of nitrogens with one attached hydrogen (secondary N) is 1. The van der Waals surface area contributed by atoms with Gasteiger partial charge in [-0.2, -0.15) is 0 Å². The van der Waals surface area contributed by atoms with Gasteiger partial charge in [-0.25, -0.2) is 13.1 Å². The first kappa shape index (κ1) is 17.6. The lowest BCUT2D eigenvalue weighted by atomic mass is 10.1. The Morgan fingerprint density at radius 1 is 1.00 bits per heavy atom. The lowest BCUT2D eigenvalue weighted by Crippen LogP contribution is -2.32. The fourth-order valence-electron chi connectivity index (χ4n) is 2.37. The molecule has 0 radical (unpaired) electrons. The summed E-state index contributed by atoms with van der Waals surface area (Å²) in [5.74, 6) is -0.785. The third kappa shape index (κ3) is 4.35. The fraction of sp³-hybridized carbons (Fsp3) is 0.467. The number of rotatable bonds is 9. The van der Waals surface area contributed by atoms with Gasteiger partial charge in [-0.3, -0.25) is 18.9 Å². The van der Waals surface area contributed by atoms with Gasteiger partial charge in [-0.15, -0.1) is 0 Å². The number of fused-ring (bicyclic) bond motifs is 1. The van der Waals surface area contributed by atoms with Crippen molar-refractivity contribution < 1.29 is 22.4 Å². The number of hydrogen-bond donors (Lipinski definition) is 1. The summed E-state index contributed by atoms with van der Waals surface area (Å²) in [6.07, 6.45) is 0.863. The van der Waals surface area contributed by atoms with Crippen molar-refractivity contribution >= 4 is 21.8 Å². The molecular formula is C15H19FN2O4S. The molecule has 1 aromatic rings. The Morgan fingerprint density at radius 3 is 2.17 bits per heavy atom. The van der Waals surface area contributed by atoms with Crippen molar-refractivity contribution in [3.63, 3.8) is 0 Å². The van der Waals surface area contributed by atoms with E-state index in [2.05, 4.69) is 4.72 Å². The topological polar surface area (TPSA) is 83.6 Å². The van der Waals surface area contributed by atoms with E-state index in [0.717, 1.165) is 4.90 Å². The van der Waals surface area contributed by atoms with Gasteiger partial charge in [0.05, 0.1) is 23.6 Å². The smallest absolute Gasteiger partial charge is 0.261 e. The van der Waals surface area contributed by atoms with Gasteiger partial charge in [0.1, 0.15) is 0 Å². The average molecular weight is 342 g/mol. The van der Waals surface area contributed by atoms with Crippen LogP contribution in [-0.4, -0.2) is 50.6 Å². The van der Waals surface area contributed by atoms with Gasteiger partial charge in [0.15, 0.2) is 0 Å². The van der Waals surface area contributed by atoms with Gasteiger partial charge in [0.2, 0.25) is 10.0 Å². The summed E-state index contributed by atoms with van der Waals surface area (Å²) < 4.78 is 37.5. The fourth-order valence-corrected chi connectivity index (χ4v) is 3.55. The summed E-state index contributed by atoms with van der Waals surface area (Å²) in [7, 11) is -3.44. The molecule has 0 saturated carbocycles. The third-order valence-corrected chi connectivity index (χ3v) is 5.03. The number of unbranched alkanes of at least 4 members (excludes halogenated alkanes) is 1. The number of carbonyl (C=O) groups excluding carboxylic acids is 2. The Hall–Kier alpha value is -1.80. The van der Waals surface area contributed by atoms with Crippen LogP contribution in [-0.2, 0) is 10.0 Å². The van der Waals surface area contributed by atoms with E-state index < -0.39 is 16.7 Å². The second-order valence-corrected chi connectivity index (χ2v) is 7.20. The van der Waals surface area contributed by atoms with Crippen molar-refractivity contribution in [1.29, 1.82) is 0 Å². The molecule has 0 fully saturated rings. The molecule has 1 N–H and O–H groups in total. The molecule has 1 aliphatic rings. The number of benzene rings is 1. The summed E-state index contributed by atoms with van der Waals surface area (Å²) in [6, 6.07) is 6.61. The van der Waals surface area contributed by atoms with Crippen LogP contribution in [0.5, 0.6) is 0 Å². The summed E-state index contributed by atoms with van der Waals surface area (Å²) in [5, 5.41) is 0. The van der Waals surface area contributed by atoms with E-state index in [-0.39, 0.29) is 37.1 Å². The van der Waals surface area contributed by atoms with Crippen molar-refractivity contribution in [2.75, 3.05) is 25.5 Å². The van der Waals surface area contributed by atoms with Crippen LogP contribution >= 0.6 is 0 Å². The zero-order valence-corrected chi connectivity index (χ0v) is 13.4. The Labute approximate surface area is 134 Å². The number of halogens is 1. The van der Waals surface area contributed by atoms with Crippen molar-refractivity contribution in [1.82, 2.24) is 9.62 Å². The Bertz CT molecular complexity index is 655. The Balaban J connectivity index is 1.80. The van der Waals surface area contributed by atoms with Crippen LogP contribution < -0.4 is 4.72 Å². The van der Waals surface area contributed by atoms with E-state index in [9.17, 15) is 22.4 Å². The van der Waals surface area contributed by atoms with Crippen LogP contribution in [0.4, 0.5) is 4.39 Å². The highest BCUT2D eigenvalue weighted by molar-refractivity contribution is 7.89. The van der Waals surface area contributed by atoms with Crippen LogP contribution in [0.3, 0.4) is 0 Å². The van der Waals surface area contributed by atoms with Crippen molar-refractivity contribution in [3.8, 4) is 0 Å². The number of hydrogen-bond acceptors (Lipinski definition) is 4. The molecule has 2 rings (SSSR count). The van der Waals surface area contributed by atoms with Crippen molar-refractivity contribution in [2.45, 2.75) is 19.3 Å².